The number of nitrogens with one attached hydrogen (secondary N) is 1. The van der Waals surface area contributed by atoms with Gasteiger partial charge in [-0.3, -0.25) is 0 Å². The molecule has 0 aromatic heterocycles. The van der Waals surface area contributed by atoms with Crippen LogP contribution < -0.4 is 11.1 Å². The first kappa shape index (κ1) is 12.5. The van der Waals surface area contributed by atoms with E-state index in [9.17, 15) is 4.39 Å². The third-order valence-corrected chi connectivity index (χ3v) is 3.77. The average Bonchev–Trinajstić information content (AvgIpc) is 2.68. The molecule has 1 aromatic carbocycles. The lowest BCUT2D eigenvalue weighted by Crippen LogP contribution is -2.12. The Morgan fingerprint density at radius 3 is 2.88 bits per heavy atom. The van der Waals surface area contributed by atoms with E-state index in [4.69, 9.17) is 17.3 Å². The SMILES string of the molecule is CC1CCC(CNc2cc(F)c(Cl)cc2N)C1. The summed E-state index contributed by atoms with van der Waals surface area (Å²) in [5, 5.41) is 3.29. The highest BCUT2D eigenvalue weighted by molar-refractivity contribution is 6.31. The van der Waals surface area contributed by atoms with Gasteiger partial charge in [0.15, 0.2) is 0 Å². The molecule has 0 spiro atoms. The molecular weight excluding hydrogens is 239 g/mol. The van der Waals surface area contributed by atoms with E-state index in [1.54, 1.807) is 0 Å². The fraction of sp³-hybridized carbons (Fsp3) is 0.538. The van der Waals surface area contributed by atoms with Gasteiger partial charge in [-0.2, -0.15) is 0 Å². The van der Waals surface area contributed by atoms with Crippen LogP contribution in [0.4, 0.5) is 15.8 Å². The molecule has 0 radical (unpaired) electrons. The summed E-state index contributed by atoms with van der Waals surface area (Å²) in [6.45, 7) is 3.13. The van der Waals surface area contributed by atoms with Crippen LogP contribution in [0, 0.1) is 17.7 Å². The summed E-state index contributed by atoms with van der Waals surface area (Å²) in [5.74, 6) is 1.05. The van der Waals surface area contributed by atoms with Crippen LogP contribution in [0.3, 0.4) is 0 Å². The van der Waals surface area contributed by atoms with Crippen LogP contribution in [0.2, 0.25) is 5.02 Å². The van der Waals surface area contributed by atoms with E-state index in [2.05, 4.69) is 12.2 Å². The van der Waals surface area contributed by atoms with Crippen LogP contribution >= 0.6 is 11.6 Å². The van der Waals surface area contributed by atoms with Crippen molar-refractivity contribution in [2.24, 2.45) is 11.8 Å². The number of benzene rings is 1. The number of hydrogen-bond acceptors (Lipinski definition) is 2. The van der Waals surface area contributed by atoms with Gasteiger partial charge in [-0.1, -0.05) is 24.9 Å². The van der Waals surface area contributed by atoms with Gasteiger partial charge < -0.3 is 11.1 Å². The summed E-state index contributed by atoms with van der Waals surface area (Å²) < 4.78 is 13.3. The number of halogens is 2. The van der Waals surface area contributed by atoms with Crippen molar-refractivity contribution in [3.63, 3.8) is 0 Å². The summed E-state index contributed by atoms with van der Waals surface area (Å²) >= 11 is 5.65. The zero-order chi connectivity index (χ0) is 12.4. The first-order chi connectivity index (χ1) is 8.06. The van der Waals surface area contributed by atoms with Gasteiger partial charge in [0.1, 0.15) is 5.82 Å². The highest BCUT2D eigenvalue weighted by Crippen LogP contribution is 2.31. The van der Waals surface area contributed by atoms with Crippen LogP contribution in [-0.4, -0.2) is 6.54 Å². The topological polar surface area (TPSA) is 38.0 Å². The van der Waals surface area contributed by atoms with Crippen LogP contribution in [0.25, 0.3) is 0 Å². The molecule has 2 rings (SSSR count). The summed E-state index contributed by atoms with van der Waals surface area (Å²) in [6.07, 6.45) is 3.77. The van der Waals surface area contributed by atoms with Gasteiger partial charge in [-0.05, 0) is 30.7 Å². The zero-order valence-electron chi connectivity index (χ0n) is 9.97. The molecule has 0 saturated heterocycles. The molecule has 2 atom stereocenters. The monoisotopic (exact) mass is 256 g/mol. The molecule has 3 N–H and O–H groups in total. The number of anilines is 2. The molecular formula is C13H18ClFN2. The lowest BCUT2D eigenvalue weighted by atomic mass is 10.1. The number of nitrogen functional groups attached to an aromatic ring is 1. The van der Waals surface area contributed by atoms with Crippen LogP contribution in [0.15, 0.2) is 12.1 Å². The maximum atomic E-state index is 13.3. The minimum absolute atomic E-state index is 0.0718. The van der Waals surface area contributed by atoms with Crippen molar-refractivity contribution in [3.05, 3.63) is 23.0 Å². The number of hydrogen-bond donors (Lipinski definition) is 2. The van der Waals surface area contributed by atoms with Crippen molar-refractivity contribution >= 4 is 23.0 Å². The number of rotatable bonds is 3. The molecule has 17 heavy (non-hydrogen) atoms. The maximum Gasteiger partial charge on any atom is 0.143 e. The molecule has 2 nitrogen and oxygen atoms in total. The van der Waals surface area contributed by atoms with Gasteiger partial charge in [0.25, 0.3) is 0 Å². The highest BCUT2D eigenvalue weighted by atomic mass is 35.5. The quantitative estimate of drug-likeness (QED) is 0.805. The van der Waals surface area contributed by atoms with E-state index in [1.165, 1.54) is 31.4 Å². The molecule has 4 heteroatoms. The Bertz CT molecular complexity index is 409. The Hall–Kier alpha value is -0.960. The van der Waals surface area contributed by atoms with E-state index < -0.39 is 5.82 Å². The molecule has 1 fully saturated rings. The second-order valence-electron chi connectivity index (χ2n) is 5.02. The summed E-state index contributed by atoms with van der Waals surface area (Å²) in [4.78, 5) is 0. The van der Waals surface area contributed by atoms with Crippen LogP contribution in [0.1, 0.15) is 26.2 Å². The minimum atomic E-state index is -0.428. The van der Waals surface area contributed by atoms with Gasteiger partial charge in [0.2, 0.25) is 0 Å². The summed E-state index contributed by atoms with van der Waals surface area (Å²) in [7, 11) is 0. The van der Waals surface area contributed by atoms with E-state index in [0.29, 0.717) is 17.3 Å². The molecule has 1 aliphatic carbocycles. The Morgan fingerprint density at radius 2 is 2.24 bits per heavy atom. The maximum absolute atomic E-state index is 13.3. The van der Waals surface area contributed by atoms with Gasteiger partial charge in [0.05, 0.1) is 16.4 Å². The van der Waals surface area contributed by atoms with E-state index in [0.717, 1.165) is 12.5 Å². The molecule has 0 aliphatic heterocycles. The van der Waals surface area contributed by atoms with Crippen molar-refractivity contribution in [1.82, 2.24) is 0 Å². The molecule has 1 aliphatic rings. The molecule has 0 bridgehead atoms. The van der Waals surface area contributed by atoms with E-state index in [-0.39, 0.29) is 5.02 Å². The predicted molar refractivity (Wildman–Crippen MR) is 70.8 cm³/mol. The fourth-order valence-corrected chi connectivity index (χ4v) is 2.65. The summed E-state index contributed by atoms with van der Waals surface area (Å²) in [6, 6.07) is 2.83. The average molecular weight is 257 g/mol. The van der Waals surface area contributed by atoms with Crippen molar-refractivity contribution in [3.8, 4) is 0 Å². The Balaban J connectivity index is 1.97. The van der Waals surface area contributed by atoms with Gasteiger partial charge >= 0.3 is 0 Å². The van der Waals surface area contributed by atoms with Crippen molar-refractivity contribution < 1.29 is 4.39 Å². The largest absolute Gasteiger partial charge is 0.397 e. The van der Waals surface area contributed by atoms with E-state index in [1.807, 2.05) is 0 Å². The Morgan fingerprint density at radius 1 is 1.47 bits per heavy atom. The smallest absolute Gasteiger partial charge is 0.143 e. The number of nitrogens with two attached hydrogens (primary N) is 1. The Labute approximate surface area is 106 Å². The van der Waals surface area contributed by atoms with Gasteiger partial charge in [0, 0.05) is 12.6 Å². The van der Waals surface area contributed by atoms with E-state index >= 15 is 0 Å². The molecule has 2 unspecified atom stereocenters. The normalized spacial score (nSPS) is 23.9. The van der Waals surface area contributed by atoms with Gasteiger partial charge in [-0.15, -0.1) is 0 Å². The summed E-state index contributed by atoms with van der Waals surface area (Å²) in [5.41, 5.74) is 6.94. The third kappa shape index (κ3) is 3.03. The molecule has 0 heterocycles. The lowest BCUT2D eigenvalue weighted by molar-refractivity contribution is 0.537. The van der Waals surface area contributed by atoms with Crippen LogP contribution in [0.5, 0.6) is 0 Å². The molecule has 1 aromatic rings. The second-order valence-corrected chi connectivity index (χ2v) is 5.43. The van der Waals surface area contributed by atoms with Gasteiger partial charge in [-0.25, -0.2) is 4.39 Å². The predicted octanol–water partition coefficient (Wildman–Crippen LogP) is 3.91. The first-order valence-electron chi connectivity index (χ1n) is 6.04. The van der Waals surface area contributed by atoms with Crippen molar-refractivity contribution in [2.75, 3.05) is 17.6 Å². The fourth-order valence-electron chi connectivity index (χ4n) is 2.48. The highest BCUT2D eigenvalue weighted by Gasteiger charge is 2.21. The molecule has 1 saturated carbocycles. The molecule has 0 amide bonds. The standard InChI is InChI=1S/C13H18ClFN2/c1-8-2-3-9(4-8)7-17-13-6-11(15)10(14)5-12(13)16/h5-6,8-9,17H,2-4,7,16H2,1H3. The third-order valence-electron chi connectivity index (χ3n) is 3.48. The van der Waals surface area contributed by atoms with Crippen molar-refractivity contribution in [1.29, 1.82) is 0 Å². The lowest BCUT2D eigenvalue weighted by Gasteiger charge is -2.14. The Kier molecular flexibility index (Phi) is 3.77. The van der Waals surface area contributed by atoms with Crippen LogP contribution in [-0.2, 0) is 0 Å². The van der Waals surface area contributed by atoms with Crippen molar-refractivity contribution in [2.45, 2.75) is 26.2 Å². The zero-order valence-corrected chi connectivity index (χ0v) is 10.7. The molecule has 94 valence electrons. The first-order valence-corrected chi connectivity index (χ1v) is 6.42. The second kappa shape index (κ2) is 5.13. The minimum Gasteiger partial charge on any atom is -0.397 e.